The maximum absolute atomic E-state index is 13.6. The van der Waals surface area contributed by atoms with Crippen molar-refractivity contribution in [1.29, 1.82) is 0 Å². The molecule has 1 fully saturated rings. The molecule has 0 spiro atoms. The second-order valence-corrected chi connectivity index (χ2v) is 13.9. The first-order chi connectivity index (χ1) is 26.3. The molecule has 0 atom stereocenters. The zero-order valence-corrected chi connectivity index (χ0v) is 31.7. The van der Waals surface area contributed by atoms with Crippen LogP contribution < -0.4 is 0 Å². The van der Waals surface area contributed by atoms with Gasteiger partial charge in [0, 0.05) is 64.2 Å². The summed E-state index contributed by atoms with van der Waals surface area (Å²) >= 11 is 0. The van der Waals surface area contributed by atoms with E-state index in [-0.39, 0.29) is 22.7 Å². The van der Waals surface area contributed by atoms with E-state index in [1.54, 1.807) is 26.0 Å². The van der Waals surface area contributed by atoms with Gasteiger partial charge in [0.1, 0.15) is 0 Å². The molecule has 0 radical (unpaired) electrons. The highest BCUT2D eigenvalue weighted by Gasteiger charge is 2.37. The number of aromatic nitrogens is 1. The molecule has 11 heteroatoms. The summed E-state index contributed by atoms with van der Waals surface area (Å²) in [4.78, 5) is 63.6. The van der Waals surface area contributed by atoms with Gasteiger partial charge in [0.05, 0.1) is 4.92 Å². The van der Waals surface area contributed by atoms with Crippen LogP contribution in [0.25, 0.3) is 11.1 Å². The summed E-state index contributed by atoms with van der Waals surface area (Å²) < 4.78 is 0. The number of pyridine rings is 1. The highest BCUT2D eigenvalue weighted by atomic mass is 16.6. The molecule has 1 aromatic heterocycles. The lowest BCUT2D eigenvalue weighted by molar-refractivity contribution is -0.384. The summed E-state index contributed by atoms with van der Waals surface area (Å²) in [5.74, 6) is -2.81. The molecule has 0 aliphatic carbocycles. The number of aliphatic carboxylic acids is 2. The molecule has 5 rings (SSSR count). The highest BCUT2D eigenvalue weighted by Crippen LogP contribution is 2.42. The number of nitrogens with zero attached hydrogens (tertiary/aromatic N) is 3. The molecule has 1 aliphatic heterocycles. The van der Waals surface area contributed by atoms with Crippen molar-refractivity contribution < 1.29 is 34.3 Å². The van der Waals surface area contributed by atoms with E-state index in [2.05, 4.69) is 70.5 Å². The van der Waals surface area contributed by atoms with Crippen molar-refractivity contribution in [3.05, 3.63) is 141 Å². The number of carboxylic acid groups (broad SMARTS) is 2. The van der Waals surface area contributed by atoms with Gasteiger partial charge in [-0.25, -0.2) is 9.59 Å². The molecule has 0 unspecified atom stereocenters. The van der Waals surface area contributed by atoms with E-state index in [1.807, 2.05) is 0 Å². The van der Waals surface area contributed by atoms with Crippen LogP contribution in [0, 0.1) is 24.0 Å². The summed E-state index contributed by atoms with van der Waals surface area (Å²) in [6.45, 7) is 8.21. The monoisotopic (exact) mass is 747 g/mol. The molecular formula is C44H49N3O8. The van der Waals surface area contributed by atoms with Crippen LogP contribution in [-0.2, 0) is 15.0 Å². The Morgan fingerprint density at radius 3 is 1.82 bits per heavy atom. The van der Waals surface area contributed by atoms with Crippen molar-refractivity contribution in [3.8, 4) is 11.1 Å². The van der Waals surface area contributed by atoms with E-state index in [1.165, 1.54) is 30.2 Å². The third-order valence-electron chi connectivity index (χ3n) is 10.1. The maximum Gasteiger partial charge on any atom is 0.328 e. The highest BCUT2D eigenvalue weighted by molar-refractivity contribution is 6.11. The third kappa shape index (κ3) is 11.3. The average Bonchev–Trinajstić information content (AvgIpc) is 3.17. The number of nitro benzene ring substituents is 1. The largest absolute Gasteiger partial charge is 0.478 e. The van der Waals surface area contributed by atoms with Gasteiger partial charge in [0.25, 0.3) is 5.69 Å². The normalized spacial score (nSPS) is 13.8. The summed E-state index contributed by atoms with van der Waals surface area (Å²) in [7, 11) is 0. The van der Waals surface area contributed by atoms with E-state index < -0.39 is 16.9 Å². The molecule has 0 amide bonds. The second-order valence-electron chi connectivity index (χ2n) is 13.9. The van der Waals surface area contributed by atoms with Crippen molar-refractivity contribution in [2.75, 3.05) is 19.6 Å². The van der Waals surface area contributed by atoms with Crippen molar-refractivity contribution >= 4 is 29.2 Å². The van der Waals surface area contributed by atoms with Crippen LogP contribution in [0.3, 0.4) is 0 Å². The van der Waals surface area contributed by atoms with E-state index in [0.29, 0.717) is 52.2 Å². The third-order valence-corrected chi connectivity index (χ3v) is 10.1. The first-order valence-corrected chi connectivity index (χ1v) is 18.6. The summed E-state index contributed by atoms with van der Waals surface area (Å²) in [5, 5.41) is 27.1. The number of rotatable bonds is 16. The number of Topliss-reactive ketones (excluding diaryl/α,β-unsaturated/α-hetero) is 2. The van der Waals surface area contributed by atoms with Crippen molar-refractivity contribution in [2.45, 2.75) is 77.6 Å². The number of carboxylic acids is 2. The fourth-order valence-corrected chi connectivity index (χ4v) is 7.52. The van der Waals surface area contributed by atoms with Crippen molar-refractivity contribution in [1.82, 2.24) is 9.88 Å². The van der Waals surface area contributed by atoms with Gasteiger partial charge in [-0.3, -0.25) is 24.7 Å². The van der Waals surface area contributed by atoms with E-state index in [9.17, 15) is 29.3 Å². The van der Waals surface area contributed by atoms with Crippen LogP contribution in [0.1, 0.15) is 102 Å². The van der Waals surface area contributed by atoms with Gasteiger partial charge < -0.3 is 15.1 Å². The van der Waals surface area contributed by atoms with Crippen LogP contribution in [0.15, 0.2) is 97.1 Å². The molecule has 2 N–H and O–H groups in total. The minimum Gasteiger partial charge on any atom is -0.478 e. The predicted molar refractivity (Wildman–Crippen MR) is 212 cm³/mol. The van der Waals surface area contributed by atoms with E-state index >= 15 is 0 Å². The fourth-order valence-electron chi connectivity index (χ4n) is 7.52. The SMILES string of the molecule is CC(=O)c1c(C)nc(C)c(C(=O)CCCCCCCN2CCC(c3ccccc3)(c3ccccc3)CC2)c1-c1cccc([N+](=O)[O-])c1.O=C(O)/C=C/C(=O)O. The standard InChI is InChI=1S/C40H45N3O4.C4H4O4/c1-29-37(31(3)44)39(32-16-15-21-35(28-32)43(46)47)38(30(2)41-29)36(45)22-13-5-4-6-14-25-42-26-23-40(24-27-42,33-17-9-7-10-18-33)34-19-11-8-12-20-34;5-3(6)1-2-4(7)8/h7-12,15-21,28H,4-6,13-14,22-27H2,1-3H3;1-2H,(H,5,6)(H,7,8)/b;2-1+. The number of likely N-dealkylation sites (tertiary alicyclic amines) is 1. The Labute approximate surface area is 321 Å². The van der Waals surface area contributed by atoms with Gasteiger partial charge in [-0.15, -0.1) is 0 Å². The minimum absolute atomic E-state index is 0.0666. The average molecular weight is 748 g/mol. The minimum atomic E-state index is -1.26. The molecule has 2 heterocycles. The van der Waals surface area contributed by atoms with Gasteiger partial charge in [0.15, 0.2) is 11.6 Å². The summed E-state index contributed by atoms with van der Waals surface area (Å²) in [6, 6.07) is 28.1. The number of benzene rings is 3. The number of hydrogen-bond acceptors (Lipinski definition) is 8. The predicted octanol–water partition coefficient (Wildman–Crippen LogP) is 8.79. The van der Waals surface area contributed by atoms with Crippen LogP contribution in [-0.4, -0.2) is 68.2 Å². The Hall–Kier alpha value is -5.81. The van der Waals surface area contributed by atoms with Gasteiger partial charge in [-0.2, -0.15) is 0 Å². The Bertz CT molecular complexity index is 1940. The number of hydrogen-bond donors (Lipinski definition) is 2. The van der Waals surface area contributed by atoms with Gasteiger partial charge in [-0.05, 0) is 82.8 Å². The number of non-ortho nitro benzene ring substituents is 1. The molecule has 3 aromatic carbocycles. The Morgan fingerprint density at radius 2 is 1.29 bits per heavy atom. The van der Waals surface area contributed by atoms with Gasteiger partial charge in [-0.1, -0.05) is 92.1 Å². The number of nitro groups is 1. The lowest BCUT2D eigenvalue weighted by atomic mass is 9.68. The Kier molecular flexibility index (Phi) is 15.3. The van der Waals surface area contributed by atoms with E-state index in [0.717, 1.165) is 64.6 Å². The van der Waals surface area contributed by atoms with Gasteiger partial charge in [0.2, 0.25) is 0 Å². The molecule has 1 saturated heterocycles. The molecule has 0 bridgehead atoms. The number of aryl methyl sites for hydroxylation is 2. The zero-order chi connectivity index (χ0) is 40.0. The molecule has 11 nitrogen and oxygen atoms in total. The van der Waals surface area contributed by atoms with Crippen molar-refractivity contribution in [2.24, 2.45) is 0 Å². The van der Waals surface area contributed by atoms with Crippen molar-refractivity contribution in [3.63, 3.8) is 0 Å². The maximum atomic E-state index is 13.6. The molecule has 4 aromatic rings. The zero-order valence-electron chi connectivity index (χ0n) is 31.7. The lowest BCUT2D eigenvalue weighted by Gasteiger charge is -2.43. The lowest BCUT2D eigenvalue weighted by Crippen LogP contribution is -2.43. The number of ketones is 2. The smallest absolute Gasteiger partial charge is 0.328 e. The van der Waals surface area contributed by atoms with Crippen LogP contribution in [0.5, 0.6) is 0 Å². The first kappa shape index (κ1) is 41.9. The molecule has 1 aliphatic rings. The molecule has 0 saturated carbocycles. The topological polar surface area (TPSA) is 168 Å². The van der Waals surface area contributed by atoms with Crippen LogP contribution >= 0.6 is 0 Å². The molecule has 55 heavy (non-hydrogen) atoms. The molecular weight excluding hydrogens is 698 g/mol. The number of unbranched alkanes of at least 4 members (excludes halogenated alkanes) is 4. The van der Waals surface area contributed by atoms with E-state index in [4.69, 9.17) is 10.2 Å². The van der Waals surface area contributed by atoms with Gasteiger partial charge >= 0.3 is 11.9 Å². The fraction of sp³-hybridized carbons (Fsp3) is 0.341. The quantitative estimate of drug-likeness (QED) is 0.0372. The summed E-state index contributed by atoms with van der Waals surface area (Å²) in [6.07, 6.45) is 8.68. The van der Waals surface area contributed by atoms with Crippen LogP contribution in [0.2, 0.25) is 0 Å². The molecule has 288 valence electrons. The number of piperidine rings is 1. The second kappa shape index (κ2) is 20.0. The van der Waals surface area contributed by atoms with Crippen LogP contribution in [0.4, 0.5) is 5.69 Å². The first-order valence-electron chi connectivity index (χ1n) is 18.6. The number of carbonyl (C=O) groups is 4. The Morgan fingerprint density at radius 1 is 0.764 bits per heavy atom. The Balaban J connectivity index is 0.000000757. The summed E-state index contributed by atoms with van der Waals surface area (Å²) in [5.41, 5.74) is 5.56. The number of carbonyl (C=O) groups excluding carboxylic acids is 2.